The van der Waals surface area contributed by atoms with Crippen LogP contribution >= 0.6 is 6.89 Å². The van der Waals surface area contributed by atoms with Gasteiger partial charge in [-0.25, -0.2) is 4.79 Å². The highest BCUT2D eigenvalue weighted by Crippen LogP contribution is 2.39. The van der Waals surface area contributed by atoms with E-state index in [9.17, 15) is 15.0 Å². The normalized spacial score (nSPS) is 28.1. The van der Waals surface area contributed by atoms with Crippen molar-refractivity contribution in [3.05, 3.63) is 22.7 Å². The Balaban J connectivity index is 2.18. The van der Waals surface area contributed by atoms with Gasteiger partial charge in [-0.1, -0.05) is 0 Å². The molecular formula is C15H26N3O4P. The average molecular weight is 343 g/mol. The molecule has 0 spiro atoms. The topological polar surface area (TPSA) is 87.8 Å². The Bertz CT molecular complexity index is 654. The molecule has 1 aliphatic heterocycles. The summed E-state index contributed by atoms with van der Waals surface area (Å²) in [6.07, 6.45) is 3.52. The molecule has 0 saturated carbocycles. The summed E-state index contributed by atoms with van der Waals surface area (Å²) >= 11 is 0. The summed E-state index contributed by atoms with van der Waals surface area (Å²) in [6.45, 7) is 2.97. The Morgan fingerprint density at radius 3 is 2.57 bits per heavy atom. The zero-order valence-electron chi connectivity index (χ0n) is 14.1. The third-order valence-electron chi connectivity index (χ3n) is 3.90. The van der Waals surface area contributed by atoms with E-state index in [2.05, 4.69) is 24.6 Å². The summed E-state index contributed by atoms with van der Waals surface area (Å²) in [5, 5.41) is 20.4. The van der Waals surface area contributed by atoms with Crippen LogP contribution in [0.5, 0.6) is 0 Å². The van der Waals surface area contributed by atoms with Gasteiger partial charge in [-0.2, -0.15) is 4.98 Å². The van der Waals surface area contributed by atoms with E-state index in [0.29, 0.717) is 12.2 Å². The van der Waals surface area contributed by atoms with E-state index < -0.39 is 37.1 Å². The monoisotopic (exact) mass is 343 g/mol. The fourth-order valence-electron chi connectivity index (χ4n) is 2.52. The first-order valence-electron chi connectivity index (χ1n) is 7.55. The Morgan fingerprint density at radius 2 is 2.04 bits per heavy atom. The van der Waals surface area contributed by atoms with Gasteiger partial charge in [0.25, 0.3) is 0 Å². The standard InChI is InChI=1S/C15H26N3O4P/c1-17(2)11-6-8-18(15(21)16-11)14-13(20)12(19)10(22-14)7-9-23(3,4)5/h6,8,10,12-14,19-20H,3,7,9H2,1-2,4-5H3/t10-,12-,13-,14-/m1/s1. The van der Waals surface area contributed by atoms with Crippen LogP contribution in [0.3, 0.4) is 0 Å². The van der Waals surface area contributed by atoms with Gasteiger partial charge < -0.3 is 19.8 Å². The highest BCUT2D eigenvalue weighted by Gasteiger charge is 2.43. The maximum atomic E-state index is 12.2. The first-order valence-corrected chi connectivity index (χ1v) is 10.6. The van der Waals surface area contributed by atoms with E-state index in [-0.39, 0.29) is 0 Å². The molecule has 1 saturated heterocycles. The first-order chi connectivity index (χ1) is 10.6. The minimum atomic E-state index is -1.24. The molecule has 0 aliphatic carbocycles. The lowest BCUT2D eigenvalue weighted by Gasteiger charge is -2.19. The van der Waals surface area contributed by atoms with Crippen LogP contribution in [0.4, 0.5) is 5.82 Å². The molecule has 2 rings (SSSR count). The molecule has 0 bridgehead atoms. The van der Waals surface area contributed by atoms with E-state index in [4.69, 9.17) is 4.74 Å². The van der Waals surface area contributed by atoms with Crippen LogP contribution in [0, 0.1) is 0 Å². The summed E-state index contributed by atoms with van der Waals surface area (Å²) in [6, 6.07) is 1.67. The summed E-state index contributed by atoms with van der Waals surface area (Å²) in [5.74, 6) is 0.527. The van der Waals surface area contributed by atoms with Gasteiger partial charge in [-0.05, 0) is 32.0 Å². The molecule has 1 aromatic heterocycles. The van der Waals surface area contributed by atoms with Crippen molar-refractivity contribution in [3.63, 3.8) is 0 Å². The van der Waals surface area contributed by atoms with Gasteiger partial charge in [0.15, 0.2) is 6.23 Å². The van der Waals surface area contributed by atoms with Crippen molar-refractivity contribution in [1.29, 1.82) is 0 Å². The average Bonchev–Trinajstić information content (AvgIpc) is 2.72. The molecule has 0 unspecified atom stereocenters. The van der Waals surface area contributed by atoms with Crippen molar-refractivity contribution in [2.75, 3.05) is 38.5 Å². The number of aliphatic hydroxyl groups is 2. The van der Waals surface area contributed by atoms with Gasteiger partial charge in [0, 0.05) is 20.3 Å². The highest BCUT2D eigenvalue weighted by molar-refractivity contribution is 7.72. The molecule has 130 valence electrons. The van der Waals surface area contributed by atoms with Crippen LogP contribution in [0.2, 0.25) is 0 Å². The molecule has 0 radical (unpaired) electrons. The van der Waals surface area contributed by atoms with Gasteiger partial charge in [0.1, 0.15) is 18.0 Å². The van der Waals surface area contributed by atoms with Crippen molar-refractivity contribution >= 4 is 19.0 Å². The Morgan fingerprint density at radius 1 is 1.39 bits per heavy atom. The molecule has 1 aromatic rings. The fourth-order valence-corrected chi connectivity index (χ4v) is 3.47. The van der Waals surface area contributed by atoms with Gasteiger partial charge in [-0.15, -0.1) is 13.2 Å². The molecule has 0 amide bonds. The predicted molar refractivity (Wildman–Crippen MR) is 94.1 cm³/mol. The van der Waals surface area contributed by atoms with Crippen LogP contribution in [-0.2, 0) is 4.74 Å². The molecule has 7 nitrogen and oxygen atoms in total. The van der Waals surface area contributed by atoms with Crippen molar-refractivity contribution in [2.24, 2.45) is 0 Å². The SMILES string of the molecule is C=P(C)(C)CC[C@H]1O[C@@H](n2ccc(N(C)C)nc2=O)[C@H](O)[C@@H]1O. The minimum Gasteiger partial charge on any atom is -0.388 e. The second-order valence-electron chi connectivity index (χ2n) is 6.86. The van der Waals surface area contributed by atoms with Crippen LogP contribution in [0.15, 0.2) is 17.1 Å². The second-order valence-corrected chi connectivity index (χ2v) is 11.2. The summed E-state index contributed by atoms with van der Waals surface area (Å²) in [7, 11) is 3.58. The molecular weight excluding hydrogens is 317 g/mol. The van der Waals surface area contributed by atoms with Crippen molar-refractivity contribution < 1.29 is 14.9 Å². The number of aliphatic hydroxyl groups excluding tert-OH is 2. The Labute approximate surface area is 136 Å². The third kappa shape index (κ3) is 4.23. The number of ether oxygens (including phenoxy) is 1. The van der Waals surface area contributed by atoms with Crippen molar-refractivity contribution in [2.45, 2.75) is 31.0 Å². The number of nitrogens with zero attached hydrogens (tertiary/aromatic N) is 3. The van der Waals surface area contributed by atoms with Gasteiger partial charge in [0.05, 0.1) is 6.10 Å². The predicted octanol–water partition coefficient (Wildman–Crippen LogP) is 0.0278. The lowest BCUT2D eigenvalue weighted by Crippen LogP contribution is -2.36. The van der Waals surface area contributed by atoms with Crippen LogP contribution in [-0.4, -0.2) is 78.0 Å². The molecule has 2 N–H and O–H groups in total. The van der Waals surface area contributed by atoms with Crippen LogP contribution < -0.4 is 10.6 Å². The van der Waals surface area contributed by atoms with E-state index >= 15 is 0 Å². The number of hydrogen-bond donors (Lipinski definition) is 2. The molecule has 1 fully saturated rings. The maximum absolute atomic E-state index is 12.2. The molecule has 2 heterocycles. The zero-order valence-corrected chi connectivity index (χ0v) is 15.0. The molecule has 8 heteroatoms. The summed E-state index contributed by atoms with van der Waals surface area (Å²) in [4.78, 5) is 17.8. The minimum absolute atomic E-state index is 0.503. The molecule has 0 aromatic carbocycles. The van der Waals surface area contributed by atoms with Crippen LogP contribution in [0.1, 0.15) is 12.6 Å². The van der Waals surface area contributed by atoms with E-state index in [1.165, 1.54) is 10.8 Å². The Kier molecular flexibility index (Phi) is 5.36. The number of anilines is 1. The first kappa shape index (κ1) is 18.2. The van der Waals surface area contributed by atoms with Crippen molar-refractivity contribution in [3.8, 4) is 0 Å². The van der Waals surface area contributed by atoms with Gasteiger partial charge >= 0.3 is 5.69 Å². The molecule has 1 aliphatic rings. The van der Waals surface area contributed by atoms with Gasteiger partial charge in [0.2, 0.25) is 0 Å². The zero-order chi connectivity index (χ0) is 17.4. The number of aromatic nitrogens is 2. The highest BCUT2D eigenvalue weighted by atomic mass is 31.2. The number of rotatable bonds is 5. The summed E-state index contributed by atoms with van der Waals surface area (Å²) in [5.41, 5.74) is -0.516. The van der Waals surface area contributed by atoms with E-state index in [1.807, 2.05) is 0 Å². The van der Waals surface area contributed by atoms with Crippen molar-refractivity contribution in [1.82, 2.24) is 9.55 Å². The smallest absolute Gasteiger partial charge is 0.351 e. The van der Waals surface area contributed by atoms with E-state index in [1.54, 1.807) is 25.1 Å². The lowest BCUT2D eigenvalue weighted by atomic mass is 10.1. The van der Waals surface area contributed by atoms with Gasteiger partial charge in [-0.3, -0.25) is 4.57 Å². The Hall–Kier alpha value is -1.14. The fraction of sp³-hybridized carbons (Fsp3) is 0.667. The molecule has 4 atom stereocenters. The second kappa shape index (κ2) is 6.77. The largest absolute Gasteiger partial charge is 0.388 e. The number of hydrogen-bond acceptors (Lipinski definition) is 6. The molecule has 23 heavy (non-hydrogen) atoms. The van der Waals surface area contributed by atoms with E-state index in [0.717, 1.165) is 6.16 Å². The maximum Gasteiger partial charge on any atom is 0.351 e. The quantitative estimate of drug-likeness (QED) is 0.734. The lowest BCUT2D eigenvalue weighted by molar-refractivity contribution is -0.0401. The third-order valence-corrected chi connectivity index (χ3v) is 5.37. The summed E-state index contributed by atoms with van der Waals surface area (Å²) < 4.78 is 6.98. The van der Waals surface area contributed by atoms with Crippen LogP contribution in [0.25, 0.3) is 0 Å².